The number of rotatable bonds is 6. The fraction of sp³-hybridized carbons (Fsp3) is 0.769. The highest BCUT2D eigenvalue weighted by atomic mass is 16.1. The maximum atomic E-state index is 11.0. The highest BCUT2D eigenvalue weighted by Gasteiger charge is 2.24. The van der Waals surface area contributed by atoms with Crippen molar-refractivity contribution in [3.05, 3.63) is 12.7 Å². The molecule has 1 atom stereocenters. The molecule has 3 nitrogen and oxygen atoms in total. The summed E-state index contributed by atoms with van der Waals surface area (Å²) in [6.07, 6.45) is 8.20. The van der Waals surface area contributed by atoms with E-state index in [0.29, 0.717) is 12.1 Å². The average molecular weight is 224 g/mol. The van der Waals surface area contributed by atoms with Crippen molar-refractivity contribution in [1.29, 1.82) is 0 Å². The summed E-state index contributed by atoms with van der Waals surface area (Å²) < 4.78 is 0. The van der Waals surface area contributed by atoms with Gasteiger partial charge in [-0.2, -0.15) is 0 Å². The first kappa shape index (κ1) is 13.2. The maximum Gasteiger partial charge on any atom is 0.220 e. The Bertz CT molecular complexity index is 232. The first-order chi connectivity index (χ1) is 7.63. The number of allylic oxidation sites excluding steroid dienone is 1. The van der Waals surface area contributed by atoms with Crippen molar-refractivity contribution in [1.82, 2.24) is 5.32 Å². The van der Waals surface area contributed by atoms with Crippen LogP contribution >= 0.6 is 0 Å². The van der Waals surface area contributed by atoms with E-state index in [9.17, 15) is 4.79 Å². The minimum atomic E-state index is -0.127. The van der Waals surface area contributed by atoms with Crippen LogP contribution in [-0.4, -0.2) is 18.0 Å². The second-order valence-corrected chi connectivity index (χ2v) is 4.88. The number of hydrogen-bond donors (Lipinski definition) is 2. The van der Waals surface area contributed by atoms with E-state index >= 15 is 0 Å². The molecule has 1 aliphatic carbocycles. The lowest BCUT2D eigenvalue weighted by Crippen LogP contribution is -2.40. The summed E-state index contributed by atoms with van der Waals surface area (Å²) in [6, 6.07) is 1.10. The molecule has 3 heteroatoms. The van der Waals surface area contributed by atoms with Crippen LogP contribution in [0.15, 0.2) is 12.7 Å². The quantitative estimate of drug-likeness (QED) is 0.678. The van der Waals surface area contributed by atoms with Crippen LogP contribution in [0.3, 0.4) is 0 Å². The fourth-order valence-electron chi connectivity index (χ4n) is 2.40. The molecule has 1 unspecified atom stereocenters. The average Bonchev–Trinajstić information content (AvgIpc) is 2.27. The van der Waals surface area contributed by atoms with Crippen molar-refractivity contribution in [2.75, 3.05) is 0 Å². The smallest absolute Gasteiger partial charge is 0.220 e. The molecule has 3 N–H and O–H groups in total. The van der Waals surface area contributed by atoms with Gasteiger partial charge in [0.15, 0.2) is 0 Å². The summed E-state index contributed by atoms with van der Waals surface area (Å²) in [4.78, 5) is 11.0. The molecule has 1 aliphatic rings. The van der Waals surface area contributed by atoms with Crippen molar-refractivity contribution < 1.29 is 4.79 Å². The van der Waals surface area contributed by atoms with Crippen molar-refractivity contribution in [3.63, 3.8) is 0 Å². The molecule has 0 aliphatic heterocycles. The zero-order chi connectivity index (χ0) is 12.0. The molecule has 1 fully saturated rings. The molecule has 92 valence electrons. The SMILES string of the molecule is C=CCCC(C)NC1CCC(C(N)=O)CC1. The van der Waals surface area contributed by atoms with Gasteiger partial charge in [-0.15, -0.1) is 6.58 Å². The third kappa shape index (κ3) is 4.35. The van der Waals surface area contributed by atoms with E-state index in [-0.39, 0.29) is 11.8 Å². The van der Waals surface area contributed by atoms with E-state index in [1.807, 2.05) is 6.08 Å². The van der Waals surface area contributed by atoms with E-state index < -0.39 is 0 Å². The molecule has 0 heterocycles. The van der Waals surface area contributed by atoms with Crippen LogP contribution in [0.1, 0.15) is 45.4 Å². The lowest BCUT2D eigenvalue weighted by atomic mass is 9.85. The predicted molar refractivity (Wildman–Crippen MR) is 67.0 cm³/mol. The predicted octanol–water partition coefficient (Wildman–Crippen LogP) is 1.97. The summed E-state index contributed by atoms with van der Waals surface area (Å²) in [5.74, 6) is -0.0142. The van der Waals surface area contributed by atoms with Gasteiger partial charge in [-0.1, -0.05) is 6.08 Å². The second-order valence-electron chi connectivity index (χ2n) is 4.88. The van der Waals surface area contributed by atoms with Gasteiger partial charge in [-0.05, 0) is 45.4 Å². The molecule has 1 rings (SSSR count). The molecular weight excluding hydrogens is 200 g/mol. The van der Waals surface area contributed by atoms with Crippen LogP contribution in [0.4, 0.5) is 0 Å². The monoisotopic (exact) mass is 224 g/mol. The number of hydrogen-bond acceptors (Lipinski definition) is 2. The molecule has 0 spiro atoms. The van der Waals surface area contributed by atoms with E-state index in [2.05, 4.69) is 18.8 Å². The Morgan fingerprint density at radius 2 is 2.12 bits per heavy atom. The third-order valence-corrected chi connectivity index (χ3v) is 3.45. The molecule has 0 bridgehead atoms. The molecule has 0 aromatic rings. The van der Waals surface area contributed by atoms with Gasteiger partial charge < -0.3 is 11.1 Å². The normalized spacial score (nSPS) is 27.3. The minimum Gasteiger partial charge on any atom is -0.369 e. The summed E-state index contributed by atoms with van der Waals surface area (Å²) in [7, 11) is 0. The van der Waals surface area contributed by atoms with Crippen LogP contribution in [0, 0.1) is 5.92 Å². The first-order valence-electron chi connectivity index (χ1n) is 6.29. The molecule has 0 saturated heterocycles. The Balaban J connectivity index is 2.21. The summed E-state index contributed by atoms with van der Waals surface area (Å²) >= 11 is 0. The number of nitrogens with one attached hydrogen (secondary N) is 1. The zero-order valence-electron chi connectivity index (χ0n) is 10.2. The van der Waals surface area contributed by atoms with Gasteiger partial charge in [-0.25, -0.2) is 0 Å². The van der Waals surface area contributed by atoms with Crippen molar-refractivity contribution in [2.24, 2.45) is 11.7 Å². The van der Waals surface area contributed by atoms with E-state index in [1.54, 1.807) is 0 Å². The molecule has 1 saturated carbocycles. The Morgan fingerprint density at radius 3 is 2.62 bits per heavy atom. The molecule has 16 heavy (non-hydrogen) atoms. The van der Waals surface area contributed by atoms with Gasteiger partial charge in [0.25, 0.3) is 0 Å². The summed E-state index contributed by atoms with van der Waals surface area (Å²) in [5, 5.41) is 3.61. The summed E-state index contributed by atoms with van der Waals surface area (Å²) in [5.41, 5.74) is 5.31. The maximum absolute atomic E-state index is 11.0. The van der Waals surface area contributed by atoms with Gasteiger partial charge in [0.2, 0.25) is 5.91 Å². The number of carbonyl (C=O) groups is 1. The third-order valence-electron chi connectivity index (χ3n) is 3.45. The topological polar surface area (TPSA) is 55.1 Å². The fourth-order valence-corrected chi connectivity index (χ4v) is 2.40. The number of carbonyl (C=O) groups excluding carboxylic acids is 1. The Kier molecular flexibility index (Phi) is 5.53. The highest BCUT2D eigenvalue weighted by Crippen LogP contribution is 2.24. The van der Waals surface area contributed by atoms with Crippen LogP contribution in [-0.2, 0) is 4.79 Å². The van der Waals surface area contributed by atoms with Gasteiger partial charge >= 0.3 is 0 Å². The Morgan fingerprint density at radius 1 is 1.50 bits per heavy atom. The largest absolute Gasteiger partial charge is 0.369 e. The standard InChI is InChI=1S/C13H24N2O/c1-3-4-5-10(2)15-12-8-6-11(7-9-12)13(14)16/h3,10-12,15H,1,4-9H2,2H3,(H2,14,16). The van der Waals surface area contributed by atoms with E-state index in [4.69, 9.17) is 5.73 Å². The van der Waals surface area contributed by atoms with Crippen LogP contribution in [0.2, 0.25) is 0 Å². The lowest BCUT2D eigenvalue weighted by Gasteiger charge is -2.29. The number of nitrogens with two attached hydrogens (primary N) is 1. The summed E-state index contributed by atoms with van der Waals surface area (Å²) in [6.45, 7) is 5.94. The molecule has 0 aromatic heterocycles. The highest BCUT2D eigenvalue weighted by molar-refractivity contribution is 5.76. The zero-order valence-corrected chi connectivity index (χ0v) is 10.2. The van der Waals surface area contributed by atoms with Crippen molar-refractivity contribution >= 4 is 5.91 Å². The molecule has 0 aromatic carbocycles. The van der Waals surface area contributed by atoms with Crippen LogP contribution < -0.4 is 11.1 Å². The lowest BCUT2D eigenvalue weighted by molar-refractivity contribution is -0.122. The second kappa shape index (κ2) is 6.69. The molecule has 1 amide bonds. The van der Waals surface area contributed by atoms with Gasteiger partial charge in [0, 0.05) is 18.0 Å². The van der Waals surface area contributed by atoms with Crippen LogP contribution in [0.5, 0.6) is 0 Å². The molecular formula is C13H24N2O. The van der Waals surface area contributed by atoms with Gasteiger partial charge in [0.1, 0.15) is 0 Å². The van der Waals surface area contributed by atoms with Gasteiger partial charge in [0.05, 0.1) is 0 Å². The van der Waals surface area contributed by atoms with Crippen molar-refractivity contribution in [2.45, 2.75) is 57.5 Å². The molecule has 0 radical (unpaired) electrons. The number of amides is 1. The first-order valence-corrected chi connectivity index (χ1v) is 6.29. The van der Waals surface area contributed by atoms with Crippen LogP contribution in [0.25, 0.3) is 0 Å². The van der Waals surface area contributed by atoms with Crippen molar-refractivity contribution in [3.8, 4) is 0 Å². The van der Waals surface area contributed by atoms with Gasteiger partial charge in [-0.3, -0.25) is 4.79 Å². The minimum absolute atomic E-state index is 0.113. The Labute approximate surface area is 98.5 Å². The number of primary amides is 1. The van der Waals surface area contributed by atoms with E-state index in [1.165, 1.54) is 0 Å². The Hall–Kier alpha value is -0.830. The van der Waals surface area contributed by atoms with E-state index in [0.717, 1.165) is 38.5 Å².